The highest BCUT2D eigenvalue weighted by Crippen LogP contribution is 2.36. The third-order valence-electron chi connectivity index (χ3n) is 2.54. The fourth-order valence-electron chi connectivity index (χ4n) is 1.58. The molecule has 0 aliphatic rings. The van der Waals surface area contributed by atoms with Gasteiger partial charge >= 0.3 is 6.18 Å². The summed E-state index contributed by atoms with van der Waals surface area (Å²) in [6, 6.07) is 4.30. The second-order valence-corrected chi connectivity index (χ2v) is 5.64. The molecule has 0 spiro atoms. The van der Waals surface area contributed by atoms with E-state index in [0.717, 1.165) is 23.9 Å². The summed E-state index contributed by atoms with van der Waals surface area (Å²) in [5.41, 5.74) is -1.42. The van der Waals surface area contributed by atoms with E-state index in [1.807, 2.05) is 0 Å². The molecule has 10 heteroatoms. The molecule has 1 aromatic carbocycles. The van der Waals surface area contributed by atoms with E-state index in [4.69, 9.17) is 11.6 Å². The number of aromatic nitrogens is 2. The average Bonchev–Trinajstić information content (AvgIpc) is 2.46. The van der Waals surface area contributed by atoms with E-state index >= 15 is 0 Å². The van der Waals surface area contributed by atoms with Crippen molar-refractivity contribution >= 4 is 35.0 Å². The maximum atomic E-state index is 12.7. The number of H-pyrrole nitrogens is 1. The van der Waals surface area contributed by atoms with Crippen molar-refractivity contribution < 1.29 is 18.0 Å². The number of alkyl halides is 3. The maximum Gasteiger partial charge on any atom is 0.417 e. The van der Waals surface area contributed by atoms with Gasteiger partial charge in [0.2, 0.25) is 5.91 Å². The number of thioether (sulfide) groups is 1. The fourth-order valence-corrected chi connectivity index (χ4v) is 2.45. The van der Waals surface area contributed by atoms with Crippen LogP contribution in [0.4, 0.5) is 18.9 Å². The first-order valence-electron chi connectivity index (χ1n) is 6.10. The molecule has 1 amide bonds. The molecule has 0 unspecified atom stereocenters. The summed E-state index contributed by atoms with van der Waals surface area (Å²) >= 11 is 6.44. The van der Waals surface area contributed by atoms with Crippen molar-refractivity contribution in [3.63, 3.8) is 0 Å². The van der Waals surface area contributed by atoms with Gasteiger partial charge in [-0.2, -0.15) is 13.2 Å². The van der Waals surface area contributed by atoms with Gasteiger partial charge < -0.3 is 10.3 Å². The lowest BCUT2D eigenvalue weighted by molar-refractivity contribution is -0.137. The van der Waals surface area contributed by atoms with Crippen molar-refractivity contribution in [3.8, 4) is 0 Å². The minimum Gasteiger partial charge on any atom is -0.325 e. The fraction of sp³-hybridized carbons (Fsp3) is 0.154. The number of halogens is 4. The number of nitrogens with zero attached hydrogens (tertiary/aromatic N) is 1. The molecule has 0 aliphatic carbocycles. The number of carbonyl (C=O) groups is 1. The number of anilines is 1. The maximum absolute atomic E-state index is 12.7. The molecule has 0 saturated heterocycles. The van der Waals surface area contributed by atoms with Gasteiger partial charge in [-0.15, -0.1) is 0 Å². The topological polar surface area (TPSA) is 74.8 Å². The Labute approximate surface area is 137 Å². The van der Waals surface area contributed by atoms with E-state index in [2.05, 4.69) is 15.3 Å². The molecule has 0 radical (unpaired) electrons. The highest BCUT2D eigenvalue weighted by Gasteiger charge is 2.33. The van der Waals surface area contributed by atoms with Crippen LogP contribution < -0.4 is 10.9 Å². The van der Waals surface area contributed by atoms with Gasteiger partial charge in [0, 0.05) is 18.0 Å². The Balaban J connectivity index is 2.02. The van der Waals surface area contributed by atoms with E-state index < -0.39 is 22.7 Å². The zero-order valence-electron chi connectivity index (χ0n) is 11.3. The normalized spacial score (nSPS) is 11.3. The molecule has 2 rings (SSSR count). The predicted octanol–water partition coefficient (Wildman–Crippen LogP) is 3.17. The molecule has 5 nitrogen and oxygen atoms in total. The molecule has 0 aliphatic heterocycles. The molecule has 122 valence electrons. The minimum atomic E-state index is -4.61. The van der Waals surface area contributed by atoms with Crippen molar-refractivity contribution in [3.05, 3.63) is 51.4 Å². The highest BCUT2D eigenvalue weighted by atomic mass is 35.5. The number of carbonyl (C=O) groups excluding carboxylic acids is 1. The summed E-state index contributed by atoms with van der Waals surface area (Å²) in [7, 11) is 0. The lowest BCUT2D eigenvalue weighted by atomic mass is 10.2. The van der Waals surface area contributed by atoms with Crippen LogP contribution in [0, 0.1) is 0 Å². The van der Waals surface area contributed by atoms with Crippen molar-refractivity contribution in [2.24, 2.45) is 0 Å². The number of rotatable bonds is 4. The minimum absolute atomic E-state index is 0.0261. The largest absolute Gasteiger partial charge is 0.417 e. The summed E-state index contributed by atoms with van der Waals surface area (Å²) in [6.45, 7) is 0. The second-order valence-electron chi connectivity index (χ2n) is 4.27. The number of benzene rings is 1. The van der Waals surface area contributed by atoms with E-state index in [1.54, 1.807) is 0 Å². The Morgan fingerprint density at radius 1 is 1.35 bits per heavy atom. The Morgan fingerprint density at radius 3 is 2.74 bits per heavy atom. The van der Waals surface area contributed by atoms with Gasteiger partial charge in [0.1, 0.15) is 0 Å². The second kappa shape index (κ2) is 7.05. The van der Waals surface area contributed by atoms with Crippen molar-refractivity contribution in [2.75, 3.05) is 11.1 Å². The standard InChI is InChI=1S/C13H9ClF3N3O2S/c14-9-2-1-7(5-8(9)13(15,16)17)19-11(22)6-23-12-18-4-3-10(21)20-12/h1-5H,6H2,(H,19,22)(H,18,20,21). The summed E-state index contributed by atoms with van der Waals surface area (Å²) in [4.78, 5) is 29.1. The first-order chi connectivity index (χ1) is 10.8. The van der Waals surface area contributed by atoms with Crippen LogP contribution >= 0.6 is 23.4 Å². The number of aromatic amines is 1. The monoisotopic (exact) mass is 363 g/mol. The number of nitrogens with one attached hydrogen (secondary N) is 2. The van der Waals surface area contributed by atoms with Crippen LogP contribution in [0.25, 0.3) is 0 Å². The van der Waals surface area contributed by atoms with Crippen LogP contribution in [0.3, 0.4) is 0 Å². The van der Waals surface area contributed by atoms with Gasteiger partial charge in [0.25, 0.3) is 5.56 Å². The summed E-state index contributed by atoms with van der Waals surface area (Å²) in [6.07, 6.45) is -3.33. The quantitative estimate of drug-likeness (QED) is 0.646. The molecule has 0 fully saturated rings. The zero-order chi connectivity index (χ0) is 17.0. The van der Waals surface area contributed by atoms with E-state index in [-0.39, 0.29) is 22.2 Å². The van der Waals surface area contributed by atoms with Crippen molar-refractivity contribution in [1.29, 1.82) is 0 Å². The van der Waals surface area contributed by atoms with Gasteiger partial charge in [0.15, 0.2) is 5.16 Å². The number of hydrogen-bond acceptors (Lipinski definition) is 4. The Kier molecular flexibility index (Phi) is 5.32. The predicted molar refractivity (Wildman–Crippen MR) is 80.7 cm³/mol. The van der Waals surface area contributed by atoms with Gasteiger partial charge in [-0.3, -0.25) is 9.59 Å². The Morgan fingerprint density at radius 2 is 2.09 bits per heavy atom. The van der Waals surface area contributed by atoms with Crippen LogP contribution in [0.1, 0.15) is 5.56 Å². The Bertz CT molecular complexity index is 780. The van der Waals surface area contributed by atoms with Crippen LogP contribution in [-0.4, -0.2) is 21.6 Å². The zero-order valence-corrected chi connectivity index (χ0v) is 12.9. The highest BCUT2D eigenvalue weighted by molar-refractivity contribution is 7.99. The SMILES string of the molecule is O=C(CSc1nccc(=O)[nH]1)Nc1ccc(Cl)c(C(F)(F)F)c1. The lowest BCUT2D eigenvalue weighted by Gasteiger charge is -2.11. The molecule has 2 aromatic rings. The van der Waals surface area contributed by atoms with Crippen molar-refractivity contribution in [1.82, 2.24) is 9.97 Å². The molecule has 2 N–H and O–H groups in total. The molecular weight excluding hydrogens is 355 g/mol. The molecule has 1 aromatic heterocycles. The van der Waals surface area contributed by atoms with E-state index in [9.17, 15) is 22.8 Å². The molecule has 0 bridgehead atoms. The van der Waals surface area contributed by atoms with Gasteiger partial charge in [-0.25, -0.2) is 4.98 Å². The van der Waals surface area contributed by atoms with Crippen LogP contribution in [-0.2, 0) is 11.0 Å². The molecule has 1 heterocycles. The summed E-state index contributed by atoms with van der Waals surface area (Å²) in [5, 5.41) is 2.12. The van der Waals surface area contributed by atoms with Gasteiger partial charge in [-0.05, 0) is 18.2 Å². The van der Waals surface area contributed by atoms with Crippen LogP contribution in [0.2, 0.25) is 5.02 Å². The first-order valence-corrected chi connectivity index (χ1v) is 7.47. The van der Waals surface area contributed by atoms with E-state index in [0.29, 0.717) is 0 Å². The third-order valence-corrected chi connectivity index (χ3v) is 3.76. The Hall–Kier alpha value is -2.00. The summed E-state index contributed by atoms with van der Waals surface area (Å²) in [5.74, 6) is -0.673. The molecule has 0 saturated carbocycles. The van der Waals surface area contributed by atoms with Crippen LogP contribution in [0.15, 0.2) is 40.4 Å². The molecule has 0 atom stereocenters. The molecule has 23 heavy (non-hydrogen) atoms. The first kappa shape index (κ1) is 17.4. The lowest BCUT2D eigenvalue weighted by Crippen LogP contribution is -2.16. The smallest absolute Gasteiger partial charge is 0.325 e. The van der Waals surface area contributed by atoms with Gasteiger partial charge in [-0.1, -0.05) is 23.4 Å². The average molecular weight is 364 g/mol. The van der Waals surface area contributed by atoms with Crippen LogP contribution in [0.5, 0.6) is 0 Å². The summed E-state index contributed by atoms with van der Waals surface area (Å²) < 4.78 is 38.2. The third kappa shape index (κ3) is 5.00. The van der Waals surface area contributed by atoms with Crippen molar-refractivity contribution in [2.45, 2.75) is 11.3 Å². The van der Waals surface area contributed by atoms with Gasteiger partial charge in [0.05, 0.1) is 16.3 Å². The number of amides is 1. The number of hydrogen-bond donors (Lipinski definition) is 2. The van der Waals surface area contributed by atoms with E-state index in [1.165, 1.54) is 18.3 Å². The molecular formula is C13H9ClF3N3O2S.